The minimum atomic E-state index is -0.214. The smallest absolute Gasteiger partial charge is 0.210 e. The van der Waals surface area contributed by atoms with Crippen molar-refractivity contribution in [1.29, 1.82) is 0 Å². The quantitative estimate of drug-likeness (QED) is 0.535. The molecule has 1 aliphatic heterocycles. The van der Waals surface area contributed by atoms with Crippen LogP contribution in [-0.2, 0) is 21.1 Å². The first-order valence-corrected chi connectivity index (χ1v) is 5.38. The van der Waals surface area contributed by atoms with Crippen LogP contribution in [0.25, 0.3) is 0 Å². The molecule has 0 saturated heterocycles. The molecule has 90 valence electrons. The van der Waals surface area contributed by atoms with E-state index in [4.69, 9.17) is 0 Å². The number of rotatable bonds is 1. The molecule has 0 saturated carbocycles. The van der Waals surface area contributed by atoms with Crippen molar-refractivity contribution in [2.24, 2.45) is 0 Å². The molecular weight excluding hydrogens is 386 g/mol. The van der Waals surface area contributed by atoms with Crippen LogP contribution >= 0.6 is 0 Å². The molecule has 1 aromatic rings. The molecule has 0 aromatic heterocycles. The number of amides is 2. The topological polar surface area (TPSA) is 37.4 Å². The first kappa shape index (κ1) is 14.1. The van der Waals surface area contributed by atoms with Gasteiger partial charge in [-0.2, -0.15) is 0 Å². The van der Waals surface area contributed by atoms with E-state index in [9.17, 15) is 9.59 Å². The van der Waals surface area contributed by atoms with Crippen molar-refractivity contribution in [3.05, 3.63) is 33.9 Å². The summed E-state index contributed by atoms with van der Waals surface area (Å²) < 4.78 is 0. The summed E-state index contributed by atoms with van der Waals surface area (Å²) in [6, 6.07) is 3.03. The second kappa shape index (κ2) is 4.73. The number of benzene rings is 1. The van der Waals surface area contributed by atoms with Crippen molar-refractivity contribution in [3.63, 3.8) is 0 Å². The van der Waals surface area contributed by atoms with Gasteiger partial charge >= 0.3 is 0 Å². The van der Waals surface area contributed by atoms with Crippen LogP contribution in [-0.4, -0.2) is 23.3 Å². The van der Waals surface area contributed by atoms with Crippen LogP contribution in [0.1, 0.15) is 44.3 Å². The fourth-order valence-electron chi connectivity index (χ4n) is 2.08. The summed E-state index contributed by atoms with van der Waals surface area (Å²) in [5.41, 5.74) is 3.86. The predicted octanol–water partition coefficient (Wildman–Crippen LogP) is 2.03. The molecule has 0 N–H and O–H groups in total. The van der Waals surface area contributed by atoms with E-state index >= 15 is 0 Å². The third-order valence-electron chi connectivity index (χ3n) is 3.30. The SMILES string of the molecule is CCN1C(=O)c2[c-]c(C)c(C)c(C)c2C1=O.[W]. The number of carbonyl (C=O) groups is 2. The summed E-state index contributed by atoms with van der Waals surface area (Å²) in [7, 11) is 0. The normalized spacial score (nSPS) is 13.8. The van der Waals surface area contributed by atoms with E-state index in [1.807, 2.05) is 20.8 Å². The van der Waals surface area contributed by atoms with Gasteiger partial charge in [-0.25, -0.2) is 0 Å². The van der Waals surface area contributed by atoms with Crippen molar-refractivity contribution in [1.82, 2.24) is 4.90 Å². The number of nitrogens with zero attached hydrogens (tertiary/aromatic N) is 1. The van der Waals surface area contributed by atoms with Gasteiger partial charge in [0.2, 0.25) is 5.91 Å². The molecule has 1 heterocycles. The molecule has 0 unspecified atom stereocenters. The van der Waals surface area contributed by atoms with Crippen molar-refractivity contribution in [3.8, 4) is 0 Å². The fourth-order valence-corrected chi connectivity index (χ4v) is 2.08. The summed E-state index contributed by atoms with van der Waals surface area (Å²) in [6.07, 6.45) is 0. The summed E-state index contributed by atoms with van der Waals surface area (Å²) >= 11 is 0. The maximum Gasteiger partial charge on any atom is 0.210 e. The minimum Gasteiger partial charge on any atom is -0.327 e. The van der Waals surface area contributed by atoms with Crippen LogP contribution < -0.4 is 0 Å². The van der Waals surface area contributed by atoms with E-state index in [0.717, 1.165) is 16.7 Å². The molecule has 17 heavy (non-hydrogen) atoms. The first-order valence-electron chi connectivity index (χ1n) is 5.38. The Morgan fingerprint density at radius 3 is 2.18 bits per heavy atom. The van der Waals surface area contributed by atoms with Crippen LogP contribution in [0.3, 0.4) is 0 Å². The molecule has 0 radical (unpaired) electrons. The van der Waals surface area contributed by atoms with Gasteiger partial charge in [-0.15, -0.1) is 22.8 Å². The second-order valence-corrected chi connectivity index (χ2v) is 4.10. The average molecular weight is 400 g/mol. The summed E-state index contributed by atoms with van der Waals surface area (Å²) in [6.45, 7) is 7.97. The van der Waals surface area contributed by atoms with Crippen molar-refractivity contribution >= 4 is 11.8 Å². The Kier molecular flexibility index (Phi) is 3.93. The molecular formula is C13H14NO2W-. The van der Waals surface area contributed by atoms with E-state index in [-0.39, 0.29) is 32.9 Å². The van der Waals surface area contributed by atoms with Gasteiger partial charge < -0.3 is 9.69 Å². The van der Waals surface area contributed by atoms with Crippen LogP contribution in [0.5, 0.6) is 0 Å². The monoisotopic (exact) mass is 400 g/mol. The molecule has 2 rings (SSSR count). The molecule has 1 aliphatic rings. The van der Waals surface area contributed by atoms with Crippen molar-refractivity contribution < 1.29 is 30.7 Å². The number of hydrogen-bond acceptors (Lipinski definition) is 2. The van der Waals surface area contributed by atoms with Crippen molar-refractivity contribution in [2.75, 3.05) is 6.54 Å². The molecule has 2 amide bonds. The Morgan fingerprint density at radius 2 is 1.65 bits per heavy atom. The third-order valence-corrected chi connectivity index (χ3v) is 3.30. The summed E-state index contributed by atoms with van der Waals surface area (Å²) in [4.78, 5) is 25.2. The maximum atomic E-state index is 12.0. The average Bonchev–Trinajstić information content (AvgIpc) is 2.48. The van der Waals surface area contributed by atoms with Gasteiger partial charge in [-0.3, -0.25) is 4.79 Å². The first-order chi connectivity index (χ1) is 7.49. The van der Waals surface area contributed by atoms with E-state index in [1.54, 1.807) is 6.92 Å². The number of hydrogen-bond donors (Lipinski definition) is 0. The van der Waals surface area contributed by atoms with Gasteiger partial charge in [0.05, 0.1) is 0 Å². The van der Waals surface area contributed by atoms with Gasteiger partial charge in [0, 0.05) is 27.6 Å². The predicted molar refractivity (Wildman–Crippen MR) is 60.5 cm³/mol. The molecule has 0 atom stereocenters. The molecule has 0 bridgehead atoms. The number of carbonyl (C=O) groups excluding carboxylic acids is 2. The molecule has 3 nitrogen and oxygen atoms in total. The molecule has 1 aromatic carbocycles. The number of aryl methyl sites for hydroxylation is 1. The largest absolute Gasteiger partial charge is 0.327 e. The Morgan fingerprint density at radius 1 is 1.06 bits per heavy atom. The minimum absolute atomic E-state index is 0. The Hall–Kier alpha value is -0.952. The maximum absolute atomic E-state index is 12.0. The summed E-state index contributed by atoms with van der Waals surface area (Å²) in [5, 5.41) is 0. The van der Waals surface area contributed by atoms with Gasteiger partial charge in [-0.05, 0) is 12.5 Å². The Balaban J connectivity index is 0.00000144. The second-order valence-electron chi connectivity index (χ2n) is 4.10. The van der Waals surface area contributed by atoms with Crippen LogP contribution in [0.4, 0.5) is 0 Å². The molecule has 0 fully saturated rings. The molecule has 0 spiro atoms. The van der Waals surface area contributed by atoms with Gasteiger partial charge in [0.1, 0.15) is 0 Å². The third kappa shape index (κ3) is 1.87. The zero-order valence-corrected chi connectivity index (χ0v) is 13.3. The number of imide groups is 1. The van der Waals surface area contributed by atoms with Gasteiger partial charge in [-0.1, -0.05) is 26.3 Å². The van der Waals surface area contributed by atoms with E-state index < -0.39 is 0 Å². The van der Waals surface area contributed by atoms with E-state index in [1.165, 1.54) is 4.90 Å². The Bertz CT molecular complexity index is 509. The van der Waals surface area contributed by atoms with E-state index in [0.29, 0.717) is 17.7 Å². The van der Waals surface area contributed by atoms with Crippen LogP contribution in [0.2, 0.25) is 0 Å². The number of fused-ring (bicyclic) bond motifs is 1. The molecule has 0 aliphatic carbocycles. The standard InChI is InChI=1S/C13H14NO2.W/c1-5-14-12(15)10-6-7(2)8(3)9(4)11(10)13(14)16;/h5H2,1-4H3;/q-1;. The van der Waals surface area contributed by atoms with Crippen molar-refractivity contribution in [2.45, 2.75) is 27.7 Å². The van der Waals surface area contributed by atoms with Gasteiger partial charge in [0.25, 0.3) is 0 Å². The summed E-state index contributed by atoms with van der Waals surface area (Å²) in [5.74, 6) is -0.395. The van der Waals surface area contributed by atoms with E-state index in [2.05, 4.69) is 6.07 Å². The Labute approximate surface area is 115 Å². The van der Waals surface area contributed by atoms with Crippen LogP contribution in [0, 0.1) is 26.8 Å². The molecule has 4 heteroatoms. The van der Waals surface area contributed by atoms with Crippen LogP contribution in [0.15, 0.2) is 0 Å². The van der Waals surface area contributed by atoms with Gasteiger partial charge in [0.15, 0.2) is 5.91 Å². The zero-order valence-electron chi connectivity index (χ0n) is 10.4. The zero-order chi connectivity index (χ0) is 12.0. The fraction of sp³-hybridized carbons (Fsp3) is 0.385.